The molecule has 0 saturated carbocycles. The molecule has 6 heteroatoms. The van der Waals surface area contributed by atoms with E-state index in [1.807, 2.05) is 0 Å². The molecule has 0 aliphatic carbocycles. The van der Waals surface area contributed by atoms with Gasteiger partial charge in [0.1, 0.15) is 0 Å². The van der Waals surface area contributed by atoms with E-state index in [1.54, 1.807) is 0 Å². The van der Waals surface area contributed by atoms with Crippen LogP contribution in [-0.2, 0) is 6.18 Å². The Morgan fingerprint density at radius 2 is 1.60 bits per heavy atom. The number of amides is 1. The van der Waals surface area contributed by atoms with Crippen LogP contribution in [0.25, 0.3) is 11.1 Å². The summed E-state index contributed by atoms with van der Waals surface area (Å²) in [6.45, 7) is 0. The highest BCUT2D eigenvalue weighted by Gasteiger charge is 2.33. The predicted octanol–water partition coefficient (Wildman–Crippen LogP) is 4.46. The van der Waals surface area contributed by atoms with Gasteiger partial charge in [0.05, 0.1) is 5.56 Å². The van der Waals surface area contributed by atoms with Gasteiger partial charge in [-0.25, -0.2) is 4.79 Å². The maximum atomic E-state index is 12.9. The van der Waals surface area contributed by atoms with Crippen molar-refractivity contribution in [3.05, 3.63) is 54.1 Å². The van der Waals surface area contributed by atoms with Crippen LogP contribution in [0.4, 0.5) is 23.7 Å². The summed E-state index contributed by atoms with van der Waals surface area (Å²) in [7, 11) is 0. The largest absolute Gasteiger partial charge is 0.465 e. The lowest BCUT2D eigenvalue weighted by Gasteiger charge is -2.13. The summed E-state index contributed by atoms with van der Waals surface area (Å²) in [5.41, 5.74) is 0.000391. The van der Waals surface area contributed by atoms with E-state index in [0.717, 1.165) is 6.07 Å². The number of carbonyl (C=O) groups is 1. The first-order valence-electron chi connectivity index (χ1n) is 5.64. The van der Waals surface area contributed by atoms with Gasteiger partial charge in [0.15, 0.2) is 0 Å². The minimum atomic E-state index is -4.44. The minimum absolute atomic E-state index is 0.0573. The number of nitrogens with one attached hydrogen (secondary N) is 1. The quantitative estimate of drug-likeness (QED) is 0.853. The third kappa shape index (κ3) is 3.09. The van der Waals surface area contributed by atoms with Gasteiger partial charge in [0.25, 0.3) is 0 Å². The van der Waals surface area contributed by atoms with Gasteiger partial charge in [0, 0.05) is 5.69 Å². The van der Waals surface area contributed by atoms with Crippen LogP contribution in [0.1, 0.15) is 5.56 Å². The van der Waals surface area contributed by atoms with E-state index in [4.69, 9.17) is 5.11 Å². The molecule has 20 heavy (non-hydrogen) atoms. The molecule has 3 nitrogen and oxygen atoms in total. The highest BCUT2D eigenvalue weighted by atomic mass is 19.4. The van der Waals surface area contributed by atoms with Gasteiger partial charge in [-0.2, -0.15) is 13.2 Å². The molecular formula is C14H10F3NO2. The van der Waals surface area contributed by atoms with Gasteiger partial charge in [-0.05, 0) is 29.3 Å². The summed E-state index contributed by atoms with van der Waals surface area (Å²) < 4.78 is 38.7. The fourth-order valence-electron chi connectivity index (χ4n) is 1.84. The molecule has 2 aromatic rings. The molecule has 1 amide bonds. The Kier molecular flexibility index (Phi) is 3.65. The maximum Gasteiger partial charge on any atom is 0.417 e. The molecule has 0 aliphatic rings. The van der Waals surface area contributed by atoms with Gasteiger partial charge in [-0.3, -0.25) is 5.32 Å². The average molecular weight is 281 g/mol. The van der Waals surface area contributed by atoms with Crippen molar-refractivity contribution in [3.8, 4) is 11.1 Å². The topological polar surface area (TPSA) is 49.3 Å². The highest BCUT2D eigenvalue weighted by Crippen LogP contribution is 2.37. The lowest BCUT2D eigenvalue weighted by atomic mass is 9.99. The Bertz CT molecular complexity index is 621. The zero-order valence-electron chi connectivity index (χ0n) is 10.1. The van der Waals surface area contributed by atoms with E-state index in [0.29, 0.717) is 11.3 Å². The van der Waals surface area contributed by atoms with Crippen molar-refractivity contribution in [1.29, 1.82) is 0 Å². The average Bonchev–Trinajstić information content (AvgIpc) is 2.38. The zero-order chi connectivity index (χ0) is 14.8. The van der Waals surface area contributed by atoms with Gasteiger partial charge < -0.3 is 5.11 Å². The van der Waals surface area contributed by atoms with Crippen LogP contribution < -0.4 is 5.32 Å². The van der Waals surface area contributed by atoms with Gasteiger partial charge >= 0.3 is 12.3 Å². The number of carboxylic acid groups (broad SMARTS) is 1. The van der Waals surface area contributed by atoms with E-state index < -0.39 is 17.8 Å². The number of anilines is 1. The lowest BCUT2D eigenvalue weighted by Crippen LogP contribution is -2.08. The summed E-state index contributed by atoms with van der Waals surface area (Å²) in [4.78, 5) is 10.4. The molecule has 2 N–H and O–H groups in total. The van der Waals surface area contributed by atoms with Crippen molar-refractivity contribution in [1.82, 2.24) is 0 Å². The summed E-state index contributed by atoms with van der Waals surface area (Å²) in [6, 6.07) is 10.9. The zero-order valence-corrected chi connectivity index (χ0v) is 10.1. The number of hydrogen-bond donors (Lipinski definition) is 2. The van der Waals surface area contributed by atoms with Crippen molar-refractivity contribution in [2.45, 2.75) is 6.18 Å². The van der Waals surface area contributed by atoms with Crippen LogP contribution in [0.3, 0.4) is 0 Å². The van der Waals surface area contributed by atoms with Crippen LogP contribution in [0.15, 0.2) is 48.5 Å². The van der Waals surface area contributed by atoms with Crippen molar-refractivity contribution < 1.29 is 23.1 Å². The van der Waals surface area contributed by atoms with E-state index in [-0.39, 0.29) is 5.56 Å². The fraction of sp³-hybridized carbons (Fsp3) is 0.0714. The summed E-state index contributed by atoms with van der Waals surface area (Å²) in [6.07, 6.45) is -5.66. The number of hydrogen-bond acceptors (Lipinski definition) is 1. The van der Waals surface area contributed by atoms with E-state index in [2.05, 4.69) is 5.32 Å². The smallest absolute Gasteiger partial charge is 0.417 e. The Morgan fingerprint density at radius 3 is 2.15 bits per heavy atom. The summed E-state index contributed by atoms with van der Waals surface area (Å²) in [5.74, 6) is 0. The predicted molar refractivity (Wildman–Crippen MR) is 68.5 cm³/mol. The number of alkyl halides is 3. The molecular weight excluding hydrogens is 271 g/mol. The van der Waals surface area contributed by atoms with E-state index >= 15 is 0 Å². The second-order valence-electron chi connectivity index (χ2n) is 4.05. The van der Waals surface area contributed by atoms with Crippen LogP contribution >= 0.6 is 0 Å². The second-order valence-corrected chi connectivity index (χ2v) is 4.05. The SMILES string of the molecule is O=C(O)Nc1ccc(-c2ccccc2C(F)(F)F)cc1. The normalized spacial score (nSPS) is 11.2. The summed E-state index contributed by atoms with van der Waals surface area (Å²) >= 11 is 0. The van der Waals surface area contributed by atoms with Crippen LogP contribution in [0, 0.1) is 0 Å². The third-order valence-corrected chi connectivity index (χ3v) is 2.68. The molecule has 2 aromatic carbocycles. The van der Waals surface area contributed by atoms with Crippen LogP contribution in [-0.4, -0.2) is 11.2 Å². The van der Waals surface area contributed by atoms with Gasteiger partial charge in [-0.15, -0.1) is 0 Å². The molecule has 104 valence electrons. The molecule has 0 fully saturated rings. The first-order valence-corrected chi connectivity index (χ1v) is 5.64. The second kappa shape index (κ2) is 5.24. The standard InChI is InChI=1S/C14H10F3NO2/c15-14(16,17)12-4-2-1-3-11(12)9-5-7-10(8-6-9)18-13(19)20/h1-8,18H,(H,19,20). The van der Waals surface area contributed by atoms with Crippen molar-refractivity contribution in [2.24, 2.45) is 0 Å². The molecule has 2 rings (SSSR count). The Hall–Kier alpha value is -2.50. The van der Waals surface area contributed by atoms with Crippen molar-refractivity contribution in [3.63, 3.8) is 0 Å². The lowest BCUT2D eigenvalue weighted by molar-refractivity contribution is -0.137. The van der Waals surface area contributed by atoms with Crippen LogP contribution in [0.2, 0.25) is 0 Å². The van der Waals surface area contributed by atoms with Crippen molar-refractivity contribution in [2.75, 3.05) is 5.32 Å². The number of benzene rings is 2. The number of rotatable bonds is 2. The van der Waals surface area contributed by atoms with Gasteiger partial charge in [-0.1, -0.05) is 30.3 Å². The first-order chi connectivity index (χ1) is 9.38. The Balaban J connectivity index is 2.40. The molecule has 0 aromatic heterocycles. The summed E-state index contributed by atoms with van der Waals surface area (Å²) in [5, 5.41) is 10.7. The molecule has 0 spiro atoms. The molecule has 0 saturated heterocycles. The Labute approximate surface area is 112 Å². The molecule has 0 bridgehead atoms. The first kappa shape index (κ1) is 13.9. The highest BCUT2D eigenvalue weighted by molar-refractivity contribution is 5.83. The minimum Gasteiger partial charge on any atom is -0.465 e. The molecule has 0 radical (unpaired) electrons. The molecule has 0 heterocycles. The van der Waals surface area contributed by atoms with E-state index in [1.165, 1.54) is 42.5 Å². The molecule has 0 aliphatic heterocycles. The molecule has 0 atom stereocenters. The monoisotopic (exact) mass is 281 g/mol. The maximum absolute atomic E-state index is 12.9. The van der Waals surface area contributed by atoms with E-state index in [9.17, 15) is 18.0 Å². The van der Waals surface area contributed by atoms with Crippen LogP contribution in [0.5, 0.6) is 0 Å². The third-order valence-electron chi connectivity index (χ3n) is 2.68. The van der Waals surface area contributed by atoms with Gasteiger partial charge in [0.2, 0.25) is 0 Å². The van der Waals surface area contributed by atoms with Crippen molar-refractivity contribution >= 4 is 11.8 Å². The Morgan fingerprint density at radius 1 is 1.00 bits per heavy atom. The molecule has 0 unspecified atom stereocenters. The fourth-order valence-corrected chi connectivity index (χ4v) is 1.84. The number of halogens is 3.